The lowest BCUT2D eigenvalue weighted by atomic mass is 10.1. The minimum Gasteiger partial charge on any atom is -0.455 e. The van der Waals surface area contributed by atoms with Gasteiger partial charge in [-0.1, -0.05) is 23.7 Å². The number of nitrogens with one attached hydrogen (secondary N) is 1. The second kappa shape index (κ2) is 6.95. The molecule has 0 atom stereocenters. The molecule has 0 saturated carbocycles. The Balaban J connectivity index is 2.05. The Labute approximate surface area is 127 Å². The zero-order valence-electron chi connectivity index (χ0n) is 11.7. The maximum Gasteiger partial charge on any atom is 0.427 e. The number of halogens is 1. The van der Waals surface area contributed by atoms with Gasteiger partial charge in [0.15, 0.2) is 0 Å². The summed E-state index contributed by atoms with van der Waals surface area (Å²) in [6, 6.07) is 9.26. The normalized spacial score (nSPS) is 10.8. The first-order valence-electron chi connectivity index (χ1n) is 6.42. The number of hydrazone groups is 1. The highest BCUT2D eigenvalue weighted by Gasteiger charge is 2.05. The summed E-state index contributed by atoms with van der Waals surface area (Å²) in [7, 11) is 0. The number of rotatable bonds is 4. The van der Waals surface area contributed by atoms with Crippen LogP contribution in [-0.4, -0.2) is 18.9 Å². The Bertz CT molecular complexity index is 665. The van der Waals surface area contributed by atoms with Crippen LogP contribution in [0.1, 0.15) is 18.2 Å². The highest BCUT2D eigenvalue weighted by molar-refractivity contribution is 6.31. The average Bonchev–Trinajstić information content (AvgIpc) is 2.91. The lowest BCUT2D eigenvalue weighted by molar-refractivity contribution is 0.152. The van der Waals surface area contributed by atoms with Crippen LogP contribution in [0.2, 0.25) is 5.02 Å². The summed E-state index contributed by atoms with van der Waals surface area (Å²) in [5.41, 5.74) is 4.11. The van der Waals surface area contributed by atoms with Crippen LogP contribution in [-0.2, 0) is 4.74 Å². The predicted molar refractivity (Wildman–Crippen MR) is 81.6 cm³/mol. The van der Waals surface area contributed by atoms with E-state index in [2.05, 4.69) is 15.3 Å². The molecular formula is C15H15ClN2O3. The molecule has 21 heavy (non-hydrogen) atoms. The molecule has 0 fully saturated rings. The number of carbonyl (C=O) groups excluding carboxylic acids is 1. The first-order valence-corrected chi connectivity index (χ1v) is 6.80. The van der Waals surface area contributed by atoms with Crippen LogP contribution >= 0.6 is 11.6 Å². The molecule has 0 saturated heterocycles. The molecule has 0 unspecified atom stereocenters. The zero-order chi connectivity index (χ0) is 15.2. The smallest absolute Gasteiger partial charge is 0.427 e. The molecule has 1 aromatic carbocycles. The van der Waals surface area contributed by atoms with Crippen molar-refractivity contribution < 1.29 is 13.9 Å². The molecule has 0 spiro atoms. The fraction of sp³-hybridized carbons (Fsp3) is 0.200. The summed E-state index contributed by atoms with van der Waals surface area (Å²) in [6.07, 6.45) is 0.793. The van der Waals surface area contributed by atoms with Gasteiger partial charge in [-0.05, 0) is 37.6 Å². The monoisotopic (exact) mass is 306 g/mol. The van der Waals surface area contributed by atoms with Crippen molar-refractivity contribution in [3.8, 4) is 11.3 Å². The van der Waals surface area contributed by atoms with E-state index in [1.165, 1.54) is 6.21 Å². The van der Waals surface area contributed by atoms with Crippen molar-refractivity contribution in [3.05, 3.63) is 46.7 Å². The van der Waals surface area contributed by atoms with Gasteiger partial charge in [0.2, 0.25) is 0 Å². The summed E-state index contributed by atoms with van der Waals surface area (Å²) in [5.74, 6) is 1.19. The number of aryl methyl sites for hydroxylation is 1. The van der Waals surface area contributed by atoms with Gasteiger partial charge in [0.05, 0.1) is 12.8 Å². The van der Waals surface area contributed by atoms with Crippen LogP contribution in [0, 0.1) is 6.92 Å². The van der Waals surface area contributed by atoms with E-state index in [9.17, 15) is 4.79 Å². The Morgan fingerprint density at radius 3 is 2.95 bits per heavy atom. The second-order valence-corrected chi connectivity index (χ2v) is 4.66. The fourth-order valence-corrected chi connectivity index (χ4v) is 1.82. The minimum atomic E-state index is -0.606. The number of nitrogens with zero attached hydrogens (tertiary/aromatic N) is 1. The van der Waals surface area contributed by atoms with Gasteiger partial charge in [0.1, 0.15) is 11.5 Å². The highest BCUT2D eigenvalue weighted by Crippen LogP contribution is 2.26. The summed E-state index contributed by atoms with van der Waals surface area (Å²) in [6.45, 7) is 3.95. The van der Waals surface area contributed by atoms with E-state index in [1.54, 1.807) is 13.0 Å². The lowest BCUT2D eigenvalue weighted by Gasteiger charge is -2.00. The molecule has 6 heteroatoms. The van der Waals surface area contributed by atoms with E-state index in [1.807, 2.05) is 31.2 Å². The Hall–Kier alpha value is -2.27. The third-order valence-electron chi connectivity index (χ3n) is 2.71. The number of amides is 1. The molecule has 1 heterocycles. The van der Waals surface area contributed by atoms with Gasteiger partial charge in [0, 0.05) is 10.6 Å². The summed E-state index contributed by atoms with van der Waals surface area (Å²) in [4.78, 5) is 11.0. The molecule has 0 aliphatic carbocycles. The van der Waals surface area contributed by atoms with E-state index in [-0.39, 0.29) is 0 Å². The fourth-order valence-electron chi connectivity index (χ4n) is 1.64. The Morgan fingerprint density at radius 2 is 2.24 bits per heavy atom. The first-order chi connectivity index (χ1) is 10.1. The van der Waals surface area contributed by atoms with Crippen molar-refractivity contribution in [2.75, 3.05) is 6.61 Å². The van der Waals surface area contributed by atoms with E-state index in [0.717, 1.165) is 11.1 Å². The molecule has 0 bridgehead atoms. The lowest BCUT2D eigenvalue weighted by Crippen LogP contribution is -2.18. The van der Waals surface area contributed by atoms with Gasteiger partial charge in [-0.15, -0.1) is 0 Å². The first kappa shape index (κ1) is 15.1. The van der Waals surface area contributed by atoms with Crippen LogP contribution < -0.4 is 5.43 Å². The van der Waals surface area contributed by atoms with Crippen LogP contribution in [0.5, 0.6) is 0 Å². The standard InChI is InChI=1S/C15H15ClN2O3/c1-3-20-15(19)18-17-9-12-6-7-14(21-12)11-5-4-10(2)13(16)8-11/h4-9H,3H2,1-2H3,(H,18,19)/b17-9-. The van der Waals surface area contributed by atoms with Gasteiger partial charge >= 0.3 is 6.09 Å². The molecule has 1 aromatic heterocycles. The van der Waals surface area contributed by atoms with Crippen LogP contribution in [0.25, 0.3) is 11.3 Å². The Kier molecular flexibility index (Phi) is 5.00. The minimum absolute atomic E-state index is 0.292. The van der Waals surface area contributed by atoms with Crippen molar-refractivity contribution in [3.63, 3.8) is 0 Å². The van der Waals surface area contributed by atoms with Crippen molar-refractivity contribution in [1.82, 2.24) is 5.43 Å². The maximum absolute atomic E-state index is 11.0. The summed E-state index contributed by atoms with van der Waals surface area (Å²) in [5, 5.41) is 4.41. The number of furan rings is 1. The van der Waals surface area contributed by atoms with E-state index in [4.69, 9.17) is 16.0 Å². The average molecular weight is 307 g/mol. The molecule has 110 valence electrons. The van der Waals surface area contributed by atoms with Crippen molar-refractivity contribution >= 4 is 23.9 Å². The predicted octanol–water partition coefficient (Wildman–Crippen LogP) is 3.99. The van der Waals surface area contributed by atoms with E-state index >= 15 is 0 Å². The van der Waals surface area contributed by atoms with E-state index < -0.39 is 6.09 Å². The van der Waals surface area contributed by atoms with Crippen LogP contribution in [0.15, 0.2) is 39.9 Å². The number of hydrogen-bond acceptors (Lipinski definition) is 4. The third kappa shape index (κ3) is 4.10. The van der Waals surface area contributed by atoms with Gasteiger partial charge in [-0.25, -0.2) is 10.2 Å². The highest BCUT2D eigenvalue weighted by atomic mass is 35.5. The number of hydrogen-bond donors (Lipinski definition) is 1. The molecule has 1 amide bonds. The Morgan fingerprint density at radius 1 is 1.43 bits per heavy atom. The van der Waals surface area contributed by atoms with Crippen LogP contribution in [0.4, 0.5) is 4.79 Å². The molecule has 0 aliphatic rings. The van der Waals surface area contributed by atoms with Crippen molar-refractivity contribution in [2.45, 2.75) is 13.8 Å². The van der Waals surface area contributed by atoms with Gasteiger partial charge in [-0.2, -0.15) is 5.10 Å². The molecular weight excluding hydrogens is 292 g/mol. The molecule has 0 radical (unpaired) electrons. The quantitative estimate of drug-likeness (QED) is 0.686. The van der Waals surface area contributed by atoms with Gasteiger partial charge in [0.25, 0.3) is 0 Å². The molecule has 0 aliphatic heterocycles. The zero-order valence-corrected chi connectivity index (χ0v) is 12.5. The second-order valence-electron chi connectivity index (χ2n) is 4.26. The van der Waals surface area contributed by atoms with Crippen molar-refractivity contribution in [2.24, 2.45) is 5.10 Å². The molecule has 1 N–H and O–H groups in total. The largest absolute Gasteiger partial charge is 0.455 e. The number of benzene rings is 1. The summed E-state index contributed by atoms with van der Waals surface area (Å²) < 4.78 is 10.3. The number of carbonyl (C=O) groups is 1. The third-order valence-corrected chi connectivity index (χ3v) is 3.11. The van der Waals surface area contributed by atoms with Gasteiger partial charge < -0.3 is 9.15 Å². The number of ether oxygens (including phenoxy) is 1. The van der Waals surface area contributed by atoms with Crippen LogP contribution in [0.3, 0.4) is 0 Å². The van der Waals surface area contributed by atoms with Crippen molar-refractivity contribution in [1.29, 1.82) is 0 Å². The topological polar surface area (TPSA) is 63.8 Å². The molecule has 5 nitrogen and oxygen atoms in total. The molecule has 2 aromatic rings. The summed E-state index contributed by atoms with van der Waals surface area (Å²) >= 11 is 6.09. The maximum atomic E-state index is 11.0. The SMILES string of the molecule is CCOC(=O)N/N=C\c1ccc(-c2ccc(C)c(Cl)c2)o1. The van der Waals surface area contributed by atoms with E-state index in [0.29, 0.717) is 23.2 Å². The van der Waals surface area contributed by atoms with Gasteiger partial charge in [-0.3, -0.25) is 0 Å². The molecule has 2 rings (SSSR count).